The van der Waals surface area contributed by atoms with E-state index in [2.05, 4.69) is 5.73 Å². The Balaban J connectivity index is 5.55. The van der Waals surface area contributed by atoms with Crippen molar-refractivity contribution in [3.63, 3.8) is 0 Å². The van der Waals surface area contributed by atoms with E-state index < -0.39 is 5.85 Å². The Morgan fingerprint density at radius 1 is 1.13 bits per heavy atom. The first-order chi connectivity index (χ1) is 6.34. The van der Waals surface area contributed by atoms with E-state index in [1.165, 1.54) is 0 Å². The Morgan fingerprint density at radius 3 is 1.73 bits per heavy atom. The van der Waals surface area contributed by atoms with Gasteiger partial charge in [0.25, 0.3) is 5.85 Å². The van der Waals surface area contributed by atoms with Crippen LogP contribution in [0.15, 0.2) is 17.1 Å². The van der Waals surface area contributed by atoms with Gasteiger partial charge in [0.15, 0.2) is 0 Å². The van der Waals surface area contributed by atoms with Gasteiger partial charge in [-0.1, -0.05) is 41.5 Å². The van der Waals surface area contributed by atoms with Crippen LogP contribution in [0.25, 0.3) is 0 Å². The minimum absolute atomic E-state index is 0.0283. The summed E-state index contributed by atoms with van der Waals surface area (Å²) >= 11 is 11.4. The van der Waals surface area contributed by atoms with E-state index in [-0.39, 0.29) is 10.8 Å². The summed E-state index contributed by atoms with van der Waals surface area (Å²) in [6.45, 7) is 11.9. The number of halogens is 2. The number of hydrogen-bond donors (Lipinski definition) is 0. The Bertz CT molecular complexity index is 333. The molecule has 0 N–H and O–H groups in total. The highest BCUT2D eigenvalue weighted by atomic mass is 35.9. The fourth-order valence-corrected chi connectivity index (χ4v) is 3.78. The van der Waals surface area contributed by atoms with E-state index in [0.717, 1.165) is 0 Å². The Kier molecular flexibility index (Phi) is 4.78. The first kappa shape index (κ1) is 15.3. The second-order valence-electron chi connectivity index (χ2n) is 5.72. The van der Waals surface area contributed by atoms with Crippen molar-refractivity contribution in [2.45, 2.75) is 41.5 Å². The van der Waals surface area contributed by atoms with E-state index in [1.807, 2.05) is 47.6 Å². The second-order valence-corrected chi connectivity index (χ2v) is 10.5. The molecule has 0 spiro atoms. The molecular weight excluding hydrogens is 250 g/mol. The van der Waals surface area contributed by atoms with Crippen LogP contribution < -0.4 is 0 Å². The van der Waals surface area contributed by atoms with Gasteiger partial charge in [0, 0.05) is 0 Å². The standard InChI is InChI=1S/C11H19Cl2OP/c1-10(2,3)8-7-9(11(4,5)6)15(12,13)14/h8H,1-6H3. The van der Waals surface area contributed by atoms with Crippen molar-refractivity contribution in [1.29, 1.82) is 0 Å². The van der Waals surface area contributed by atoms with E-state index in [0.29, 0.717) is 5.31 Å². The molecule has 0 heterocycles. The van der Waals surface area contributed by atoms with E-state index in [4.69, 9.17) is 22.5 Å². The van der Waals surface area contributed by atoms with Gasteiger partial charge in [-0.3, -0.25) is 4.57 Å². The summed E-state index contributed by atoms with van der Waals surface area (Å²) in [5.74, 6) is -3.26. The lowest BCUT2D eigenvalue weighted by Crippen LogP contribution is -2.07. The van der Waals surface area contributed by atoms with Gasteiger partial charge < -0.3 is 0 Å². The Morgan fingerprint density at radius 2 is 1.53 bits per heavy atom. The van der Waals surface area contributed by atoms with Crippen molar-refractivity contribution in [2.75, 3.05) is 0 Å². The topological polar surface area (TPSA) is 17.1 Å². The zero-order valence-electron chi connectivity index (χ0n) is 10.2. The van der Waals surface area contributed by atoms with Crippen molar-refractivity contribution in [2.24, 2.45) is 10.8 Å². The third-order valence-electron chi connectivity index (χ3n) is 1.61. The number of allylic oxidation sites excluding steroid dienone is 1. The predicted molar refractivity (Wildman–Crippen MR) is 69.8 cm³/mol. The summed E-state index contributed by atoms with van der Waals surface area (Å²) < 4.78 is 11.7. The quantitative estimate of drug-likeness (QED) is 0.435. The highest BCUT2D eigenvalue weighted by Gasteiger charge is 2.31. The molecule has 0 aromatic rings. The van der Waals surface area contributed by atoms with Gasteiger partial charge in [0.2, 0.25) is 0 Å². The van der Waals surface area contributed by atoms with E-state index in [9.17, 15) is 4.57 Å². The maximum atomic E-state index is 11.7. The molecule has 0 fully saturated rings. The van der Waals surface area contributed by atoms with E-state index >= 15 is 0 Å². The van der Waals surface area contributed by atoms with Gasteiger partial charge in [-0.25, -0.2) is 0 Å². The van der Waals surface area contributed by atoms with Gasteiger partial charge in [0.05, 0.1) is 5.31 Å². The molecule has 0 aliphatic carbocycles. The molecule has 0 aromatic heterocycles. The van der Waals surface area contributed by atoms with Crippen molar-refractivity contribution in [1.82, 2.24) is 0 Å². The summed E-state index contributed by atoms with van der Waals surface area (Å²) in [7, 11) is 0. The summed E-state index contributed by atoms with van der Waals surface area (Å²) in [5.41, 5.74) is 2.64. The average Bonchev–Trinajstić information content (AvgIpc) is 1.75. The lowest BCUT2D eigenvalue weighted by molar-refractivity contribution is 0.516. The van der Waals surface area contributed by atoms with Crippen molar-refractivity contribution in [3.05, 3.63) is 17.1 Å². The van der Waals surface area contributed by atoms with Crippen LogP contribution in [0, 0.1) is 10.8 Å². The molecule has 4 heteroatoms. The summed E-state index contributed by atoms with van der Waals surface area (Å²) in [5, 5.41) is 0.480. The lowest BCUT2D eigenvalue weighted by atomic mass is 9.93. The van der Waals surface area contributed by atoms with Crippen molar-refractivity contribution < 1.29 is 4.57 Å². The maximum absolute atomic E-state index is 11.7. The van der Waals surface area contributed by atoms with Crippen LogP contribution in [-0.2, 0) is 4.57 Å². The molecular formula is C11H19Cl2OP. The highest BCUT2D eigenvalue weighted by molar-refractivity contribution is 8.11. The van der Waals surface area contributed by atoms with Crippen LogP contribution in [0.5, 0.6) is 0 Å². The molecule has 0 saturated heterocycles. The molecule has 0 aromatic carbocycles. The predicted octanol–water partition coefficient (Wildman–Crippen LogP) is 5.79. The summed E-state index contributed by atoms with van der Waals surface area (Å²) in [6, 6.07) is 0. The minimum Gasteiger partial charge on any atom is -0.284 e. The molecule has 0 amide bonds. The van der Waals surface area contributed by atoms with E-state index in [1.54, 1.807) is 0 Å². The Labute approximate surface area is 102 Å². The zero-order valence-corrected chi connectivity index (χ0v) is 12.6. The molecule has 0 atom stereocenters. The van der Waals surface area contributed by atoms with Crippen LogP contribution >= 0.6 is 28.3 Å². The fraction of sp³-hybridized carbons (Fsp3) is 0.727. The second kappa shape index (κ2) is 4.68. The molecule has 15 heavy (non-hydrogen) atoms. The molecule has 0 aliphatic heterocycles. The summed E-state index contributed by atoms with van der Waals surface area (Å²) in [6.07, 6.45) is 1.85. The zero-order chi connectivity index (χ0) is 12.5. The van der Waals surface area contributed by atoms with Crippen LogP contribution in [0.2, 0.25) is 0 Å². The normalized spacial score (nSPS) is 13.3. The fourth-order valence-electron chi connectivity index (χ4n) is 0.967. The van der Waals surface area contributed by atoms with Gasteiger partial charge in [0.1, 0.15) is 0 Å². The van der Waals surface area contributed by atoms with Gasteiger partial charge >= 0.3 is 0 Å². The van der Waals surface area contributed by atoms with Crippen LogP contribution in [0.1, 0.15) is 41.5 Å². The van der Waals surface area contributed by atoms with Gasteiger partial charge in [-0.2, -0.15) is 0 Å². The van der Waals surface area contributed by atoms with Crippen molar-refractivity contribution in [3.8, 4) is 0 Å². The molecule has 0 rings (SSSR count). The monoisotopic (exact) mass is 268 g/mol. The van der Waals surface area contributed by atoms with Crippen LogP contribution in [0.4, 0.5) is 0 Å². The number of rotatable bonds is 1. The SMILES string of the molecule is CC(C)(C)C=C=C(C(C)(C)C)P(=O)(Cl)Cl. The lowest BCUT2D eigenvalue weighted by Gasteiger charge is -2.21. The number of hydrogen-bond acceptors (Lipinski definition) is 1. The summed E-state index contributed by atoms with van der Waals surface area (Å²) in [4.78, 5) is 0. The van der Waals surface area contributed by atoms with Gasteiger partial charge in [-0.15, -0.1) is 5.73 Å². The van der Waals surface area contributed by atoms with Crippen LogP contribution in [0.3, 0.4) is 0 Å². The molecule has 0 saturated carbocycles. The largest absolute Gasteiger partial charge is 0.285 e. The van der Waals surface area contributed by atoms with Crippen LogP contribution in [-0.4, -0.2) is 0 Å². The molecule has 0 radical (unpaired) electrons. The smallest absolute Gasteiger partial charge is 0.284 e. The first-order valence-electron chi connectivity index (χ1n) is 4.82. The van der Waals surface area contributed by atoms with Crippen molar-refractivity contribution >= 4 is 28.3 Å². The molecule has 1 nitrogen and oxygen atoms in total. The first-order valence-corrected chi connectivity index (χ1v) is 8.34. The Hall–Kier alpha value is 0.330. The third-order valence-corrected chi connectivity index (χ3v) is 3.95. The molecule has 0 unspecified atom stereocenters. The maximum Gasteiger partial charge on any atom is 0.285 e. The van der Waals surface area contributed by atoms with Gasteiger partial charge in [-0.05, 0) is 39.4 Å². The molecule has 88 valence electrons. The molecule has 0 aliphatic rings. The molecule has 0 bridgehead atoms. The third kappa shape index (κ3) is 6.48. The minimum atomic E-state index is -3.26. The average molecular weight is 269 g/mol. The highest BCUT2D eigenvalue weighted by Crippen LogP contribution is 2.67.